The average molecular weight is 593 g/mol. The number of hydrogen-bond acceptors (Lipinski definition) is 7. The SMILES string of the molecule is Cc1cc(Oc2ccccc2)ccc1N1C(=O)Nc2c(N3CCN(C(=O)/C(C#N)=C/C(C)(C)C)CC3)sc3nccc1c23. The summed E-state index contributed by atoms with van der Waals surface area (Å²) in [5, 5.41) is 14.5. The summed E-state index contributed by atoms with van der Waals surface area (Å²) in [5.74, 6) is 1.20. The molecule has 4 aromatic rings. The Morgan fingerprint density at radius 2 is 1.79 bits per heavy atom. The fourth-order valence-electron chi connectivity index (χ4n) is 5.46. The average Bonchev–Trinajstić information content (AvgIpc) is 3.36. The zero-order chi connectivity index (χ0) is 30.3. The first-order chi connectivity index (χ1) is 20.6. The van der Waals surface area contributed by atoms with E-state index in [0.29, 0.717) is 31.9 Å². The molecule has 0 spiro atoms. The zero-order valence-electron chi connectivity index (χ0n) is 24.5. The van der Waals surface area contributed by atoms with Gasteiger partial charge in [0.1, 0.15) is 33.0 Å². The number of amides is 3. The Kier molecular flexibility index (Phi) is 7.28. The highest BCUT2D eigenvalue weighted by Gasteiger charge is 2.34. The number of pyridine rings is 1. The maximum Gasteiger partial charge on any atom is 0.331 e. The van der Waals surface area contributed by atoms with Crippen LogP contribution in [0.2, 0.25) is 0 Å². The molecule has 1 saturated heterocycles. The third kappa shape index (κ3) is 5.51. The van der Waals surface area contributed by atoms with Gasteiger partial charge in [-0.15, -0.1) is 0 Å². The number of urea groups is 1. The number of hydrogen-bond donors (Lipinski definition) is 1. The van der Waals surface area contributed by atoms with E-state index < -0.39 is 0 Å². The summed E-state index contributed by atoms with van der Waals surface area (Å²) in [6.07, 6.45) is 3.47. The van der Waals surface area contributed by atoms with Gasteiger partial charge in [-0.3, -0.25) is 9.69 Å². The number of rotatable bonds is 5. The van der Waals surface area contributed by atoms with Crippen molar-refractivity contribution in [1.82, 2.24) is 9.88 Å². The van der Waals surface area contributed by atoms with Crippen LogP contribution < -0.4 is 19.9 Å². The molecule has 10 heteroatoms. The Labute approximate surface area is 254 Å². The second-order valence-corrected chi connectivity index (χ2v) is 12.7. The Morgan fingerprint density at radius 1 is 1.05 bits per heavy atom. The minimum absolute atomic E-state index is 0.175. The lowest BCUT2D eigenvalue weighted by atomic mass is 9.93. The molecule has 218 valence electrons. The number of aryl methyl sites for hydroxylation is 1. The summed E-state index contributed by atoms with van der Waals surface area (Å²) in [6, 6.07) is 19.0. The van der Waals surface area contributed by atoms with Gasteiger partial charge in [-0.25, -0.2) is 9.78 Å². The fourth-order valence-corrected chi connectivity index (χ4v) is 6.63. The molecular formula is C33H32N6O3S. The number of carbonyl (C=O) groups excluding carboxylic acids is 2. The minimum Gasteiger partial charge on any atom is -0.457 e. The van der Waals surface area contributed by atoms with Gasteiger partial charge in [-0.05, 0) is 54.3 Å². The quantitative estimate of drug-likeness (QED) is 0.194. The fraction of sp³-hybridized carbons (Fsp3) is 0.273. The largest absolute Gasteiger partial charge is 0.457 e. The van der Waals surface area contributed by atoms with Crippen LogP contribution in [0.1, 0.15) is 26.3 Å². The summed E-state index contributed by atoms with van der Waals surface area (Å²) >= 11 is 1.53. The van der Waals surface area contributed by atoms with E-state index in [1.54, 1.807) is 22.1 Å². The van der Waals surface area contributed by atoms with Crippen molar-refractivity contribution < 1.29 is 14.3 Å². The van der Waals surface area contributed by atoms with E-state index in [9.17, 15) is 14.9 Å². The number of nitrogens with zero attached hydrogens (tertiary/aromatic N) is 5. The van der Waals surface area contributed by atoms with Crippen molar-refractivity contribution in [2.75, 3.05) is 41.3 Å². The smallest absolute Gasteiger partial charge is 0.331 e. The molecular weight excluding hydrogens is 560 g/mol. The highest BCUT2D eigenvalue weighted by Crippen LogP contribution is 2.50. The number of para-hydroxylation sites is 1. The number of benzene rings is 2. The van der Waals surface area contributed by atoms with E-state index in [4.69, 9.17) is 4.74 Å². The van der Waals surface area contributed by atoms with Crippen LogP contribution in [0, 0.1) is 23.7 Å². The molecule has 2 aromatic heterocycles. The standard InChI is InChI=1S/C33H32N6O3S/c1-21-18-24(42-23-8-6-5-7-9-23)10-11-25(21)39-26-12-13-35-29-27(26)28(36-32(39)41)31(43-29)38-16-14-37(15-17-38)30(40)22(20-34)19-33(2,3)4/h5-13,18-19H,14-17H2,1-4H3,(H,36,41)/b22-19+. The van der Waals surface area contributed by atoms with Crippen LogP contribution >= 0.6 is 11.3 Å². The predicted molar refractivity (Wildman–Crippen MR) is 170 cm³/mol. The van der Waals surface area contributed by atoms with Gasteiger partial charge in [0.05, 0.1) is 22.4 Å². The molecule has 6 rings (SSSR count). The van der Waals surface area contributed by atoms with Crippen molar-refractivity contribution >= 4 is 55.6 Å². The van der Waals surface area contributed by atoms with Gasteiger partial charge in [0, 0.05) is 32.4 Å². The molecule has 9 nitrogen and oxygen atoms in total. The highest BCUT2D eigenvalue weighted by atomic mass is 32.1. The third-order valence-electron chi connectivity index (χ3n) is 7.40. The maximum atomic E-state index is 13.7. The molecule has 4 heterocycles. The van der Waals surface area contributed by atoms with Crippen LogP contribution in [0.4, 0.5) is 26.9 Å². The van der Waals surface area contributed by atoms with Gasteiger partial charge >= 0.3 is 6.03 Å². The maximum absolute atomic E-state index is 13.7. The number of thiophene rings is 1. The summed E-state index contributed by atoms with van der Waals surface area (Å²) in [5.41, 5.74) is 3.07. The molecule has 2 aliphatic heterocycles. The second-order valence-electron chi connectivity index (χ2n) is 11.7. The Morgan fingerprint density at radius 3 is 2.47 bits per heavy atom. The molecule has 1 N–H and O–H groups in total. The molecule has 0 aliphatic carbocycles. The second kappa shape index (κ2) is 11.1. The number of carbonyl (C=O) groups is 2. The van der Waals surface area contributed by atoms with Crippen molar-refractivity contribution in [2.45, 2.75) is 27.7 Å². The number of piperazine rings is 1. The van der Waals surface area contributed by atoms with Crippen LogP contribution in [0.15, 0.2) is 72.4 Å². The molecule has 0 unspecified atom stereocenters. The van der Waals surface area contributed by atoms with Crippen LogP contribution in [0.25, 0.3) is 10.2 Å². The number of ether oxygens (including phenoxy) is 1. The molecule has 2 aliphatic rings. The highest BCUT2D eigenvalue weighted by molar-refractivity contribution is 7.23. The van der Waals surface area contributed by atoms with Gasteiger partial charge < -0.3 is 19.9 Å². The number of allylic oxidation sites excluding steroid dienone is 1. The summed E-state index contributed by atoms with van der Waals surface area (Å²) in [7, 11) is 0. The van der Waals surface area contributed by atoms with E-state index in [1.165, 1.54) is 11.3 Å². The molecule has 0 atom stereocenters. The van der Waals surface area contributed by atoms with E-state index in [1.807, 2.05) is 82.3 Å². The molecule has 0 bridgehead atoms. The van der Waals surface area contributed by atoms with E-state index in [2.05, 4.69) is 21.3 Å². The molecule has 43 heavy (non-hydrogen) atoms. The normalized spacial score (nSPS) is 15.4. The number of nitrogens with one attached hydrogen (secondary N) is 1. The first-order valence-corrected chi connectivity index (χ1v) is 15.0. The zero-order valence-corrected chi connectivity index (χ0v) is 25.4. The van der Waals surface area contributed by atoms with Crippen molar-refractivity contribution in [3.63, 3.8) is 0 Å². The Hall–Kier alpha value is -4.88. The summed E-state index contributed by atoms with van der Waals surface area (Å²) in [6.45, 7) is 9.99. The van der Waals surface area contributed by atoms with Crippen molar-refractivity contribution in [3.05, 3.63) is 78.0 Å². The van der Waals surface area contributed by atoms with E-state index in [0.717, 1.165) is 43.6 Å². The monoisotopic (exact) mass is 592 g/mol. The first kappa shape index (κ1) is 28.2. The van der Waals surface area contributed by atoms with Gasteiger partial charge in [-0.1, -0.05) is 56.4 Å². The van der Waals surface area contributed by atoms with Gasteiger partial charge in [-0.2, -0.15) is 5.26 Å². The first-order valence-electron chi connectivity index (χ1n) is 14.2. The number of nitriles is 1. The summed E-state index contributed by atoms with van der Waals surface area (Å²) in [4.78, 5) is 37.8. The molecule has 3 amide bonds. The van der Waals surface area contributed by atoms with E-state index >= 15 is 0 Å². The minimum atomic E-state index is -0.268. The van der Waals surface area contributed by atoms with Crippen LogP contribution in [-0.2, 0) is 4.79 Å². The summed E-state index contributed by atoms with van der Waals surface area (Å²) < 4.78 is 6.00. The van der Waals surface area contributed by atoms with Gasteiger partial charge in [0.2, 0.25) is 0 Å². The van der Waals surface area contributed by atoms with E-state index in [-0.39, 0.29) is 22.9 Å². The molecule has 0 saturated carbocycles. The lowest BCUT2D eigenvalue weighted by Crippen LogP contribution is -2.49. The third-order valence-corrected chi connectivity index (χ3v) is 8.56. The van der Waals surface area contributed by atoms with Gasteiger partial charge in [0.25, 0.3) is 5.91 Å². The van der Waals surface area contributed by atoms with Gasteiger partial charge in [0.15, 0.2) is 0 Å². The molecule has 1 fully saturated rings. The van der Waals surface area contributed by atoms with Crippen molar-refractivity contribution in [2.24, 2.45) is 5.41 Å². The van der Waals surface area contributed by atoms with Crippen molar-refractivity contribution in [3.8, 4) is 17.6 Å². The Balaban J connectivity index is 1.26. The molecule has 2 aromatic carbocycles. The van der Waals surface area contributed by atoms with Crippen LogP contribution in [-0.4, -0.2) is 48.0 Å². The van der Waals surface area contributed by atoms with Crippen LogP contribution in [0.5, 0.6) is 11.5 Å². The Bertz CT molecular complexity index is 1790. The lowest BCUT2D eigenvalue weighted by molar-refractivity contribution is -0.127. The lowest BCUT2D eigenvalue weighted by Gasteiger charge is -2.36. The number of anilines is 4. The topological polar surface area (TPSA) is 102 Å². The number of aromatic nitrogens is 1. The van der Waals surface area contributed by atoms with Crippen LogP contribution in [0.3, 0.4) is 0 Å². The molecule has 0 radical (unpaired) electrons. The van der Waals surface area contributed by atoms with Crippen molar-refractivity contribution in [1.29, 1.82) is 5.26 Å². The predicted octanol–water partition coefficient (Wildman–Crippen LogP) is 7.23.